The number of methoxy groups -OCH3 is 1. The topological polar surface area (TPSA) is 12.5 Å². The van der Waals surface area contributed by atoms with Crippen molar-refractivity contribution in [2.24, 2.45) is 0 Å². The van der Waals surface area contributed by atoms with E-state index in [4.69, 9.17) is 16.3 Å². The highest BCUT2D eigenvalue weighted by atomic mass is 35.5. The van der Waals surface area contributed by atoms with E-state index in [2.05, 4.69) is 4.90 Å². The lowest BCUT2D eigenvalue weighted by Crippen LogP contribution is -2.36. The van der Waals surface area contributed by atoms with Crippen LogP contribution in [0.3, 0.4) is 0 Å². The van der Waals surface area contributed by atoms with Gasteiger partial charge in [0, 0.05) is 17.1 Å². The van der Waals surface area contributed by atoms with E-state index >= 15 is 0 Å². The Morgan fingerprint density at radius 3 is 2.79 bits per heavy atom. The largest absolute Gasteiger partial charge is 0.496 e. The molecule has 0 aromatic heterocycles. The van der Waals surface area contributed by atoms with E-state index in [0.717, 1.165) is 22.9 Å². The van der Waals surface area contributed by atoms with Gasteiger partial charge in [0.05, 0.1) is 7.11 Å². The summed E-state index contributed by atoms with van der Waals surface area (Å²) in [5.74, 6) is 0.893. The molecule has 3 heteroatoms. The van der Waals surface area contributed by atoms with Crippen LogP contribution in [0.1, 0.15) is 12.0 Å². The summed E-state index contributed by atoms with van der Waals surface area (Å²) in [5.41, 5.74) is 1.11. The Kier molecular flexibility index (Phi) is 2.94. The Bertz CT molecular complexity index is 323. The smallest absolute Gasteiger partial charge is 0.124 e. The van der Waals surface area contributed by atoms with Crippen LogP contribution in [-0.4, -0.2) is 25.1 Å². The van der Waals surface area contributed by atoms with Gasteiger partial charge < -0.3 is 4.74 Å². The van der Waals surface area contributed by atoms with Crippen LogP contribution < -0.4 is 4.74 Å². The molecule has 0 unspecified atom stereocenters. The first-order valence-corrected chi connectivity index (χ1v) is 5.23. The Labute approximate surface area is 89.4 Å². The first-order chi connectivity index (χ1) is 6.81. The molecule has 0 radical (unpaired) electrons. The summed E-state index contributed by atoms with van der Waals surface area (Å²) in [5, 5.41) is 0.802. The third-order valence-corrected chi connectivity index (χ3v) is 2.98. The maximum absolute atomic E-state index is 6.13. The van der Waals surface area contributed by atoms with E-state index in [-0.39, 0.29) is 0 Å². The molecule has 0 bridgehead atoms. The van der Waals surface area contributed by atoms with E-state index in [1.807, 2.05) is 18.2 Å². The van der Waals surface area contributed by atoms with Crippen molar-refractivity contribution in [1.82, 2.24) is 4.90 Å². The molecule has 0 aliphatic carbocycles. The highest BCUT2D eigenvalue weighted by Gasteiger charge is 2.17. The van der Waals surface area contributed by atoms with Gasteiger partial charge in [-0.2, -0.15) is 0 Å². The lowest BCUT2D eigenvalue weighted by atomic mass is 10.1. The zero-order valence-electron chi connectivity index (χ0n) is 8.29. The van der Waals surface area contributed by atoms with E-state index in [9.17, 15) is 0 Å². The van der Waals surface area contributed by atoms with Gasteiger partial charge in [0.1, 0.15) is 5.75 Å². The highest BCUT2D eigenvalue weighted by Crippen LogP contribution is 2.28. The molecule has 1 aromatic rings. The summed E-state index contributed by atoms with van der Waals surface area (Å²) in [6, 6.07) is 5.79. The predicted octanol–water partition coefficient (Wildman–Crippen LogP) is 2.55. The molecule has 1 heterocycles. The minimum absolute atomic E-state index is 0.802. The molecular formula is C11H14ClNO. The van der Waals surface area contributed by atoms with Gasteiger partial charge in [-0.15, -0.1) is 0 Å². The van der Waals surface area contributed by atoms with Gasteiger partial charge in [-0.1, -0.05) is 17.7 Å². The third-order valence-electron chi connectivity index (χ3n) is 2.63. The molecule has 1 aliphatic rings. The fourth-order valence-electron chi connectivity index (χ4n) is 1.65. The van der Waals surface area contributed by atoms with Gasteiger partial charge in [0.15, 0.2) is 0 Å². The van der Waals surface area contributed by atoms with Crippen molar-refractivity contribution < 1.29 is 4.74 Å². The summed E-state index contributed by atoms with van der Waals surface area (Å²) in [6.07, 6.45) is 1.30. The van der Waals surface area contributed by atoms with E-state index in [1.165, 1.54) is 19.5 Å². The van der Waals surface area contributed by atoms with Gasteiger partial charge in [0.2, 0.25) is 0 Å². The number of rotatable bonds is 3. The molecule has 0 N–H and O–H groups in total. The monoisotopic (exact) mass is 211 g/mol. The Balaban J connectivity index is 2.19. The summed E-state index contributed by atoms with van der Waals surface area (Å²) in [6.45, 7) is 3.26. The molecule has 1 aromatic carbocycles. The average molecular weight is 212 g/mol. The molecule has 0 amide bonds. The van der Waals surface area contributed by atoms with E-state index in [0.29, 0.717) is 0 Å². The zero-order valence-corrected chi connectivity index (χ0v) is 9.05. The number of halogens is 1. The van der Waals surface area contributed by atoms with Gasteiger partial charge in [0.25, 0.3) is 0 Å². The molecule has 0 spiro atoms. The van der Waals surface area contributed by atoms with Crippen LogP contribution in [0, 0.1) is 0 Å². The normalized spacial score (nSPS) is 16.4. The van der Waals surface area contributed by atoms with Crippen molar-refractivity contribution in [1.29, 1.82) is 0 Å². The fraction of sp³-hybridized carbons (Fsp3) is 0.455. The number of benzene rings is 1. The van der Waals surface area contributed by atoms with Crippen LogP contribution in [0.4, 0.5) is 0 Å². The molecule has 14 heavy (non-hydrogen) atoms. The molecule has 0 saturated carbocycles. The van der Waals surface area contributed by atoms with Crippen molar-refractivity contribution in [3.8, 4) is 5.75 Å². The van der Waals surface area contributed by atoms with E-state index < -0.39 is 0 Å². The van der Waals surface area contributed by atoms with Crippen molar-refractivity contribution >= 4 is 11.6 Å². The summed E-state index contributed by atoms with van der Waals surface area (Å²) in [4.78, 5) is 2.36. The SMILES string of the molecule is COc1cccc(Cl)c1CN1CCC1. The quantitative estimate of drug-likeness (QED) is 0.762. The molecular weight excluding hydrogens is 198 g/mol. The predicted molar refractivity (Wildman–Crippen MR) is 57.9 cm³/mol. The molecule has 1 fully saturated rings. The number of likely N-dealkylation sites (tertiary alicyclic amines) is 1. The summed E-state index contributed by atoms with van der Waals surface area (Å²) in [7, 11) is 1.69. The number of hydrogen-bond acceptors (Lipinski definition) is 2. The first-order valence-electron chi connectivity index (χ1n) is 4.85. The average Bonchev–Trinajstić information content (AvgIpc) is 2.12. The molecule has 1 aliphatic heterocycles. The van der Waals surface area contributed by atoms with Crippen LogP contribution >= 0.6 is 11.6 Å². The van der Waals surface area contributed by atoms with Gasteiger partial charge in [-0.05, 0) is 31.6 Å². The van der Waals surface area contributed by atoms with Gasteiger partial charge in [-0.25, -0.2) is 0 Å². The molecule has 2 rings (SSSR count). The Hall–Kier alpha value is -0.730. The molecule has 76 valence electrons. The fourth-order valence-corrected chi connectivity index (χ4v) is 1.87. The van der Waals surface area contributed by atoms with Gasteiger partial charge in [-0.3, -0.25) is 4.90 Å². The second kappa shape index (κ2) is 4.20. The number of hydrogen-bond donors (Lipinski definition) is 0. The highest BCUT2D eigenvalue weighted by molar-refractivity contribution is 6.31. The van der Waals surface area contributed by atoms with E-state index in [1.54, 1.807) is 7.11 Å². The minimum Gasteiger partial charge on any atom is -0.496 e. The summed E-state index contributed by atoms with van der Waals surface area (Å²) < 4.78 is 5.28. The van der Waals surface area contributed by atoms with Gasteiger partial charge >= 0.3 is 0 Å². The number of nitrogens with zero attached hydrogens (tertiary/aromatic N) is 1. The van der Waals surface area contributed by atoms with Crippen LogP contribution in [0.5, 0.6) is 5.75 Å². The first kappa shape index (κ1) is 9.81. The maximum atomic E-state index is 6.13. The Morgan fingerprint density at radius 1 is 1.43 bits per heavy atom. The lowest BCUT2D eigenvalue weighted by Gasteiger charge is -2.31. The molecule has 1 saturated heterocycles. The van der Waals surface area contributed by atoms with Crippen molar-refractivity contribution in [2.45, 2.75) is 13.0 Å². The van der Waals surface area contributed by atoms with Crippen molar-refractivity contribution in [3.05, 3.63) is 28.8 Å². The lowest BCUT2D eigenvalue weighted by molar-refractivity contribution is 0.170. The second-order valence-corrected chi connectivity index (χ2v) is 3.96. The molecule has 2 nitrogen and oxygen atoms in total. The number of ether oxygens (including phenoxy) is 1. The summed E-state index contributed by atoms with van der Waals surface area (Å²) >= 11 is 6.13. The van der Waals surface area contributed by atoms with Crippen molar-refractivity contribution in [3.63, 3.8) is 0 Å². The minimum atomic E-state index is 0.802. The third kappa shape index (κ3) is 1.86. The van der Waals surface area contributed by atoms with Crippen LogP contribution in [-0.2, 0) is 6.54 Å². The maximum Gasteiger partial charge on any atom is 0.124 e. The van der Waals surface area contributed by atoms with Crippen LogP contribution in [0.2, 0.25) is 5.02 Å². The van der Waals surface area contributed by atoms with Crippen LogP contribution in [0.15, 0.2) is 18.2 Å². The van der Waals surface area contributed by atoms with Crippen LogP contribution in [0.25, 0.3) is 0 Å². The zero-order chi connectivity index (χ0) is 9.97. The van der Waals surface area contributed by atoms with Crippen molar-refractivity contribution in [2.75, 3.05) is 20.2 Å². The Morgan fingerprint density at radius 2 is 2.21 bits per heavy atom. The molecule has 0 atom stereocenters. The standard InChI is InChI=1S/C11H14ClNO/c1-14-11-5-2-4-10(12)9(11)8-13-6-3-7-13/h2,4-5H,3,6-8H2,1H3. The second-order valence-electron chi connectivity index (χ2n) is 3.55.